The van der Waals surface area contributed by atoms with Crippen molar-refractivity contribution in [3.05, 3.63) is 52.3 Å². The summed E-state index contributed by atoms with van der Waals surface area (Å²) in [7, 11) is 1.66. The zero-order valence-electron chi connectivity index (χ0n) is 10.4. The molecule has 1 aromatic heterocycles. The van der Waals surface area contributed by atoms with Gasteiger partial charge in [-0.05, 0) is 52.2 Å². The van der Waals surface area contributed by atoms with Crippen LogP contribution >= 0.6 is 15.9 Å². The number of aryl methyl sites for hydroxylation is 1. The van der Waals surface area contributed by atoms with E-state index in [9.17, 15) is 0 Å². The predicted octanol–water partition coefficient (Wildman–Crippen LogP) is 3.77. The van der Waals surface area contributed by atoms with Crippen molar-refractivity contribution in [2.75, 3.05) is 12.4 Å². The largest absolute Gasteiger partial charge is 0.496 e. The molecule has 0 aliphatic heterocycles. The summed E-state index contributed by atoms with van der Waals surface area (Å²) in [6.07, 6.45) is 3.64. The second-order valence-corrected chi connectivity index (χ2v) is 4.87. The zero-order chi connectivity index (χ0) is 13.0. The Bertz CT molecular complexity index is 543. The molecule has 0 fully saturated rings. The standard InChI is InChI=1S/C14H15BrN2O/c1-10-5-6-16-9-13(10)17-8-11-3-4-14(18-2)12(15)7-11/h3-7,9,17H,8H2,1-2H3. The lowest BCUT2D eigenvalue weighted by Crippen LogP contribution is -2.01. The number of halogens is 1. The number of nitrogens with one attached hydrogen (secondary N) is 1. The van der Waals surface area contributed by atoms with Crippen LogP contribution in [0.4, 0.5) is 5.69 Å². The SMILES string of the molecule is COc1ccc(CNc2cnccc2C)cc1Br. The molecule has 18 heavy (non-hydrogen) atoms. The van der Waals surface area contributed by atoms with E-state index in [2.05, 4.69) is 39.2 Å². The third-order valence-electron chi connectivity index (χ3n) is 2.74. The van der Waals surface area contributed by atoms with Crippen molar-refractivity contribution in [1.82, 2.24) is 4.98 Å². The lowest BCUT2D eigenvalue weighted by Gasteiger charge is -2.10. The third kappa shape index (κ3) is 3.01. The molecule has 0 unspecified atom stereocenters. The molecule has 3 nitrogen and oxygen atoms in total. The summed E-state index contributed by atoms with van der Waals surface area (Å²) in [5.74, 6) is 0.844. The van der Waals surface area contributed by atoms with Crippen molar-refractivity contribution in [2.24, 2.45) is 0 Å². The summed E-state index contributed by atoms with van der Waals surface area (Å²) in [5, 5.41) is 3.37. The van der Waals surface area contributed by atoms with Crippen LogP contribution in [0.25, 0.3) is 0 Å². The van der Waals surface area contributed by atoms with E-state index in [1.165, 1.54) is 11.1 Å². The average Bonchev–Trinajstić information content (AvgIpc) is 2.38. The number of benzene rings is 1. The maximum atomic E-state index is 5.20. The quantitative estimate of drug-likeness (QED) is 0.933. The fourth-order valence-corrected chi connectivity index (χ4v) is 2.25. The van der Waals surface area contributed by atoms with E-state index in [0.717, 1.165) is 22.5 Å². The second-order valence-electron chi connectivity index (χ2n) is 4.01. The first-order valence-corrected chi connectivity index (χ1v) is 6.47. The van der Waals surface area contributed by atoms with Crippen molar-refractivity contribution in [1.29, 1.82) is 0 Å². The highest BCUT2D eigenvalue weighted by Gasteiger charge is 2.02. The third-order valence-corrected chi connectivity index (χ3v) is 3.36. The van der Waals surface area contributed by atoms with Crippen LogP contribution in [0.2, 0.25) is 0 Å². The van der Waals surface area contributed by atoms with Crippen molar-refractivity contribution in [3.63, 3.8) is 0 Å². The number of aromatic nitrogens is 1. The van der Waals surface area contributed by atoms with Gasteiger partial charge in [0, 0.05) is 12.7 Å². The molecule has 1 heterocycles. The number of hydrogen-bond donors (Lipinski definition) is 1. The number of hydrogen-bond acceptors (Lipinski definition) is 3. The molecular formula is C14H15BrN2O. The molecule has 0 aliphatic rings. The number of ether oxygens (including phenoxy) is 1. The highest BCUT2D eigenvalue weighted by atomic mass is 79.9. The molecule has 1 N–H and O–H groups in total. The van der Waals surface area contributed by atoms with Gasteiger partial charge in [0.1, 0.15) is 5.75 Å². The van der Waals surface area contributed by atoms with Gasteiger partial charge in [0.15, 0.2) is 0 Å². The molecule has 0 bridgehead atoms. The van der Waals surface area contributed by atoms with E-state index in [1.807, 2.05) is 24.4 Å². The van der Waals surface area contributed by atoms with E-state index in [-0.39, 0.29) is 0 Å². The smallest absolute Gasteiger partial charge is 0.133 e. The topological polar surface area (TPSA) is 34.1 Å². The Morgan fingerprint density at radius 3 is 2.83 bits per heavy atom. The van der Waals surface area contributed by atoms with Gasteiger partial charge in [0.2, 0.25) is 0 Å². The number of rotatable bonds is 4. The van der Waals surface area contributed by atoms with E-state index in [0.29, 0.717) is 0 Å². The van der Waals surface area contributed by atoms with Gasteiger partial charge in [0.05, 0.1) is 23.5 Å². The minimum absolute atomic E-state index is 0.759. The highest BCUT2D eigenvalue weighted by molar-refractivity contribution is 9.10. The molecule has 0 aliphatic carbocycles. The van der Waals surface area contributed by atoms with Crippen LogP contribution in [0.15, 0.2) is 41.1 Å². The molecule has 1 aromatic carbocycles. The van der Waals surface area contributed by atoms with Crippen LogP contribution < -0.4 is 10.1 Å². The minimum Gasteiger partial charge on any atom is -0.496 e. The van der Waals surface area contributed by atoms with Crippen LogP contribution in [0.1, 0.15) is 11.1 Å². The fourth-order valence-electron chi connectivity index (χ4n) is 1.67. The molecule has 0 radical (unpaired) electrons. The minimum atomic E-state index is 0.759. The normalized spacial score (nSPS) is 10.2. The molecule has 0 atom stereocenters. The Morgan fingerprint density at radius 1 is 1.33 bits per heavy atom. The van der Waals surface area contributed by atoms with Crippen LogP contribution in [-0.4, -0.2) is 12.1 Å². The number of methoxy groups -OCH3 is 1. The molecule has 2 aromatic rings. The van der Waals surface area contributed by atoms with Gasteiger partial charge < -0.3 is 10.1 Å². The summed E-state index contributed by atoms with van der Waals surface area (Å²) in [4.78, 5) is 4.11. The van der Waals surface area contributed by atoms with Gasteiger partial charge in [-0.3, -0.25) is 4.98 Å². The maximum absolute atomic E-state index is 5.20. The molecule has 2 rings (SSSR count). The van der Waals surface area contributed by atoms with Gasteiger partial charge in [-0.1, -0.05) is 6.07 Å². The average molecular weight is 307 g/mol. The molecule has 0 saturated heterocycles. The zero-order valence-corrected chi connectivity index (χ0v) is 12.0. The second kappa shape index (κ2) is 5.87. The Labute approximate surface area is 115 Å². The van der Waals surface area contributed by atoms with Crippen LogP contribution in [0, 0.1) is 6.92 Å². The summed E-state index contributed by atoms with van der Waals surface area (Å²) in [5.41, 5.74) is 3.44. The van der Waals surface area contributed by atoms with Gasteiger partial charge in [-0.15, -0.1) is 0 Å². The molecule has 4 heteroatoms. The Hall–Kier alpha value is -1.55. The van der Waals surface area contributed by atoms with Crippen LogP contribution in [-0.2, 0) is 6.54 Å². The first-order valence-electron chi connectivity index (χ1n) is 5.67. The highest BCUT2D eigenvalue weighted by Crippen LogP contribution is 2.26. The fraction of sp³-hybridized carbons (Fsp3) is 0.214. The summed E-state index contributed by atoms with van der Waals surface area (Å²) >= 11 is 3.48. The lowest BCUT2D eigenvalue weighted by atomic mass is 10.2. The van der Waals surface area contributed by atoms with E-state index >= 15 is 0 Å². The molecule has 0 spiro atoms. The molecular weight excluding hydrogens is 292 g/mol. The monoisotopic (exact) mass is 306 g/mol. The Balaban J connectivity index is 2.07. The van der Waals surface area contributed by atoms with Gasteiger partial charge in [0.25, 0.3) is 0 Å². The van der Waals surface area contributed by atoms with Crippen LogP contribution in [0.3, 0.4) is 0 Å². The summed E-state index contributed by atoms with van der Waals surface area (Å²) in [6, 6.07) is 8.04. The van der Waals surface area contributed by atoms with E-state index in [1.54, 1.807) is 13.3 Å². The maximum Gasteiger partial charge on any atom is 0.133 e. The number of anilines is 1. The van der Waals surface area contributed by atoms with Crippen molar-refractivity contribution < 1.29 is 4.74 Å². The first kappa shape index (κ1) is 12.9. The Kier molecular flexibility index (Phi) is 4.20. The predicted molar refractivity (Wildman–Crippen MR) is 77.0 cm³/mol. The van der Waals surface area contributed by atoms with Crippen molar-refractivity contribution in [2.45, 2.75) is 13.5 Å². The number of pyridine rings is 1. The van der Waals surface area contributed by atoms with E-state index < -0.39 is 0 Å². The van der Waals surface area contributed by atoms with Crippen molar-refractivity contribution >= 4 is 21.6 Å². The molecule has 0 amide bonds. The summed E-state index contributed by atoms with van der Waals surface area (Å²) in [6.45, 7) is 2.82. The van der Waals surface area contributed by atoms with Crippen LogP contribution in [0.5, 0.6) is 5.75 Å². The number of nitrogens with zero attached hydrogens (tertiary/aromatic N) is 1. The Morgan fingerprint density at radius 2 is 2.17 bits per heavy atom. The van der Waals surface area contributed by atoms with Crippen molar-refractivity contribution in [3.8, 4) is 5.75 Å². The van der Waals surface area contributed by atoms with Gasteiger partial charge in [-0.25, -0.2) is 0 Å². The van der Waals surface area contributed by atoms with Gasteiger partial charge in [-0.2, -0.15) is 0 Å². The summed E-state index contributed by atoms with van der Waals surface area (Å²) < 4.78 is 6.17. The lowest BCUT2D eigenvalue weighted by molar-refractivity contribution is 0.412. The van der Waals surface area contributed by atoms with E-state index in [4.69, 9.17) is 4.74 Å². The van der Waals surface area contributed by atoms with Gasteiger partial charge >= 0.3 is 0 Å². The first-order chi connectivity index (χ1) is 8.70. The molecule has 94 valence electrons. The molecule has 0 saturated carbocycles.